The highest BCUT2D eigenvalue weighted by Crippen LogP contribution is 2.30. The van der Waals surface area contributed by atoms with Gasteiger partial charge in [0.05, 0.1) is 25.3 Å². The van der Waals surface area contributed by atoms with E-state index in [1.54, 1.807) is 26.0 Å². The van der Waals surface area contributed by atoms with Crippen LogP contribution in [0.15, 0.2) is 48.5 Å². The number of aryl methyl sites for hydroxylation is 2. The third-order valence-electron chi connectivity index (χ3n) is 5.09. The van der Waals surface area contributed by atoms with Crippen LogP contribution in [0.1, 0.15) is 40.9 Å². The number of carbonyl (C=O) groups is 2. The van der Waals surface area contributed by atoms with Crippen molar-refractivity contribution in [3.05, 3.63) is 70.8 Å². The van der Waals surface area contributed by atoms with Crippen LogP contribution < -0.4 is 9.47 Å². The first kappa shape index (κ1) is 23.0. The zero-order valence-electron chi connectivity index (χ0n) is 19.2. The third-order valence-corrected chi connectivity index (χ3v) is 5.09. The Morgan fingerprint density at radius 2 is 1.66 bits per heavy atom. The van der Waals surface area contributed by atoms with Gasteiger partial charge in [0.1, 0.15) is 5.75 Å². The Hall–Kier alpha value is -3.67. The number of pyridine rings is 1. The SMILES string of the molecule is COC(=O)C(C)(C)Oc1c(C)cc(/C=C/C(=O)c2cc3ccccc3nc2OC)cc1C. The summed E-state index contributed by atoms with van der Waals surface area (Å²) in [6.07, 6.45) is 3.24. The Morgan fingerprint density at radius 3 is 2.28 bits per heavy atom. The maximum absolute atomic E-state index is 12.9. The van der Waals surface area contributed by atoms with Gasteiger partial charge in [-0.05, 0) is 74.7 Å². The summed E-state index contributed by atoms with van der Waals surface area (Å²) in [5.74, 6) is 0.246. The number of para-hydroxylation sites is 1. The molecule has 0 saturated carbocycles. The molecule has 2 aromatic carbocycles. The molecule has 0 spiro atoms. The minimum absolute atomic E-state index is 0.206. The summed E-state index contributed by atoms with van der Waals surface area (Å²) in [5.41, 5.74) is 2.58. The maximum Gasteiger partial charge on any atom is 0.349 e. The van der Waals surface area contributed by atoms with Crippen molar-refractivity contribution in [1.29, 1.82) is 0 Å². The smallest absolute Gasteiger partial charge is 0.349 e. The number of benzene rings is 2. The van der Waals surface area contributed by atoms with E-state index >= 15 is 0 Å². The average molecular weight is 434 g/mol. The number of hydrogen-bond donors (Lipinski definition) is 0. The predicted octanol–water partition coefficient (Wildman–Crippen LogP) is 5.09. The number of carbonyl (C=O) groups excluding carboxylic acids is 2. The second kappa shape index (κ2) is 9.22. The van der Waals surface area contributed by atoms with E-state index < -0.39 is 11.6 Å². The standard InChI is InChI=1S/C26H27NO5/c1-16-13-18(14-17(2)23(16)32-26(3,4)25(29)31-6)11-12-22(28)20-15-19-9-7-8-10-21(19)27-24(20)30-5/h7-15H,1-6H3/b12-11+. The molecule has 32 heavy (non-hydrogen) atoms. The van der Waals surface area contributed by atoms with Crippen molar-refractivity contribution in [2.45, 2.75) is 33.3 Å². The first-order valence-corrected chi connectivity index (χ1v) is 10.2. The molecule has 0 fully saturated rings. The number of ketones is 1. The van der Waals surface area contributed by atoms with Crippen LogP contribution >= 0.6 is 0 Å². The fourth-order valence-corrected chi connectivity index (χ4v) is 3.48. The molecule has 0 aliphatic carbocycles. The average Bonchev–Trinajstić information content (AvgIpc) is 2.78. The lowest BCUT2D eigenvalue weighted by Gasteiger charge is -2.25. The first-order chi connectivity index (χ1) is 15.2. The number of allylic oxidation sites excluding steroid dienone is 1. The van der Waals surface area contributed by atoms with Crippen molar-refractivity contribution in [2.24, 2.45) is 0 Å². The molecule has 0 saturated heterocycles. The lowest BCUT2D eigenvalue weighted by molar-refractivity contribution is -0.156. The van der Waals surface area contributed by atoms with Gasteiger partial charge in [-0.2, -0.15) is 0 Å². The highest BCUT2D eigenvalue weighted by Gasteiger charge is 2.32. The number of nitrogens with zero attached hydrogens (tertiary/aromatic N) is 1. The Kier molecular flexibility index (Phi) is 6.63. The summed E-state index contributed by atoms with van der Waals surface area (Å²) in [5, 5.41) is 0.867. The number of ether oxygens (including phenoxy) is 3. The van der Waals surface area contributed by atoms with Crippen LogP contribution in [0, 0.1) is 13.8 Å². The van der Waals surface area contributed by atoms with Gasteiger partial charge < -0.3 is 14.2 Å². The Morgan fingerprint density at radius 1 is 1.00 bits per heavy atom. The summed E-state index contributed by atoms with van der Waals surface area (Å²) in [6, 6.07) is 13.2. The van der Waals surface area contributed by atoms with Crippen molar-refractivity contribution < 1.29 is 23.8 Å². The van der Waals surface area contributed by atoms with E-state index in [2.05, 4.69) is 4.98 Å². The highest BCUT2D eigenvalue weighted by molar-refractivity contribution is 6.10. The van der Waals surface area contributed by atoms with E-state index in [0.29, 0.717) is 17.2 Å². The van der Waals surface area contributed by atoms with Gasteiger partial charge in [0.25, 0.3) is 0 Å². The number of methoxy groups -OCH3 is 2. The largest absolute Gasteiger partial charge is 0.480 e. The second-order valence-corrected chi connectivity index (χ2v) is 8.02. The molecule has 166 valence electrons. The minimum Gasteiger partial charge on any atom is -0.480 e. The van der Waals surface area contributed by atoms with Gasteiger partial charge >= 0.3 is 5.97 Å². The first-order valence-electron chi connectivity index (χ1n) is 10.2. The molecular weight excluding hydrogens is 406 g/mol. The second-order valence-electron chi connectivity index (χ2n) is 8.02. The van der Waals surface area contributed by atoms with Crippen LogP contribution in [0.2, 0.25) is 0 Å². The molecule has 6 nitrogen and oxygen atoms in total. The zero-order chi connectivity index (χ0) is 23.5. The van der Waals surface area contributed by atoms with E-state index in [4.69, 9.17) is 14.2 Å². The normalized spacial score (nSPS) is 11.6. The lowest BCUT2D eigenvalue weighted by atomic mass is 10.0. The Labute approximate surface area is 187 Å². The summed E-state index contributed by atoms with van der Waals surface area (Å²) >= 11 is 0. The molecule has 0 bridgehead atoms. The summed E-state index contributed by atoms with van der Waals surface area (Å²) in [4.78, 5) is 29.3. The van der Waals surface area contributed by atoms with Gasteiger partial charge in [-0.25, -0.2) is 9.78 Å². The van der Waals surface area contributed by atoms with Gasteiger partial charge in [-0.1, -0.05) is 24.3 Å². The van der Waals surface area contributed by atoms with Crippen LogP contribution in [0.3, 0.4) is 0 Å². The van der Waals surface area contributed by atoms with Crippen LogP contribution in [0.5, 0.6) is 11.6 Å². The fourth-order valence-electron chi connectivity index (χ4n) is 3.48. The molecule has 0 aliphatic rings. The van der Waals surface area contributed by atoms with Gasteiger partial charge in [0, 0.05) is 5.39 Å². The van der Waals surface area contributed by atoms with Crippen molar-refractivity contribution >= 4 is 28.7 Å². The molecule has 0 atom stereocenters. The molecule has 0 unspecified atom stereocenters. The molecule has 1 aromatic heterocycles. The Bertz CT molecular complexity index is 1190. The van der Waals surface area contributed by atoms with E-state index in [0.717, 1.165) is 27.6 Å². The van der Waals surface area contributed by atoms with E-state index in [9.17, 15) is 9.59 Å². The number of hydrogen-bond acceptors (Lipinski definition) is 6. The Balaban J connectivity index is 1.88. The molecule has 0 N–H and O–H groups in total. The lowest BCUT2D eigenvalue weighted by Crippen LogP contribution is -2.39. The van der Waals surface area contributed by atoms with Crippen molar-refractivity contribution in [2.75, 3.05) is 14.2 Å². The summed E-state index contributed by atoms with van der Waals surface area (Å²) in [7, 11) is 2.83. The number of aromatic nitrogens is 1. The van der Waals surface area contributed by atoms with Crippen LogP contribution in [-0.4, -0.2) is 36.6 Å². The maximum atomic E-state index is 12.9. The molecular formula is C26H27NO5. The molecule has 1 heterocycles. The van der Waals surface area contributed by atoms with E-state index in [-0.39, 0.29) is 5.78 Å². The molecule has 0 aliphatic heterocycles. The molecule has 6 heteroatoms. The van der Waals surface area contributed by atoms with Gasteiger partial charge in [0.2, 0.25) is 5.88 Å². The highest BCUT2D eigenvalue weighted by atomic mass is 16.6. The molecule has 3 aromatic rings. The quantitative estimate of drug-likeness (QED) is 0.294. The minimum atomic E-state index is -1.11. The summed E-state index contributed by atoms with van der Waals surface area (Å²) in [6.45, 7) is 7.11. The topological polar surface area (TPSA) is 74.7 Å². The third kappa shape index (κ3) is 4.80. The zero-order valence-corrected chi connectivity index (χ0v) is 19.2. The van der Waals surface area contributed by atoms with Crippen LogP contribution in [0.25, 0.3) is 17.0 Å². The van der Waals surface area contributed by atoms with Crippen molar-refractivity contribution in [1.82, 2.24) is 4.98 Å². The number of esters is 1. The van der Waals surface area contributed by atoms with Crippen molar-refractivity contribution in [3.63, 3.8) is 0 Å². The fraction of sp³-hybridized carbons (Fsp3) is 0.269. The molecule has 3 rings (SSSR count). The number of fused-ring (bicyclic) bond motifs is 1. The summed E-state index contributed by atoms with van der Waals surface area (Å²) < 4.78 is 16.1. The van der Waals surface area contributed by atoms with Crippen LogP contribution in [0.4, 0.5) is 0 Å². The van der Waals surface area contributed by atoms with E-state index in [1.165, 1.54) is 20.3 Å². The van der Waals surface area contributed by atoms with Crippen LogP contribution in [-0.2, 0) is 9.53 Å². The molecule has 0 radical (unpaired) electrons. The molecule has 0 amide bonds. The van der Waals surface area contributed by atoms with Gasteiger partial charge in [-0.3, -0.25) is 4.79 Å². The number of rotatable bonds is 7. The van der Waals surface area contributed by atoms with E-state index in [1.807, 2.05) is 50.2 Å². The monoisotopic (exact) mass is 433 g/mol. The van der Waals surface area contributed by atoms with Gasteiger partial charge in [-0.15, -0.1) is 0 Å². The predicted molar refractivity (Wildman–Crippen MR) is 124 cm³/mol. The van der Waals surface area contributed by atoms with Gasteiger partial charge in [0.15, 0.2) is 11.4 Å². The van der Waals surface area contributed by atoms with Crippen molar-refractivity contribution in [3.8, 4) is 11.6 Å².